The zero-order chi connectivity index (χ0) is 20.3. The van der Waals surface area contributed by atoms with Crippen LogP contribution >= 0.6 is 0 Å². The molecule has 1 atom stereocenters. The second kappa shape index (κ2) is 8.31. The number of aryl methyl sites for hydroxylation is 2. The number of sulfonamides is 1. The molecular formula is C21H25N3O3S. The Hall–Kier alpha value is -2.40. The second-order valence-electron chi connectivity index (χ2n) is 6.99. The van der Waals surface area contributed by atoms with Crippen molar-refractivity contribution in [1.29, 1.82) is 5.26 Å². The Kier molecular flexibility index (Phi) is 6.04. The van der Waals surface area contributed by atoms with Crippen LogP contribution in [-0.2, 0) is 10.0 Å². The van der Waals surface area contributed by atoms with Gasteiger partial charge in [-0.2, -0.15) is 9.57 Å². The van der Waals surface area contributed by atoms with Crippen LogP contribution in [0.15, 0.2) is 47.4 Å². The van der Waals surface area contributed by atoms with Crippen molar-refractivity contribution in [3.05, 3.63) is 59.2 Å². The van der Waals surface area contributed by atoms with Crippen molar-refractivity contribution in [1.82, 2.24) is 9.21 Å². The van der Waals surface area contributed by atoms with E-state index in [0.717, 1.165) is 16.7 Å². The number of methoxy groups -OCH3 is 1. The molecule has 1 saturated heterocycles. The lowest BCUT2D eigenvalue weighted by Crippen LogP contribution is -2.49. The maximum Gasteiger partial charge on any atom is 0.243 e. The van der Waals surface area contributed by atoms with Crippen LogP contribution in [0.5, 0.6) is 5.75 Å². The first-order valence-corrected chi connectivity index (χ1v) is 10.7. The molecule has 1 fully saturated rings. The van der Waals surface area contributed by atoms with E-state index in [1.165, 1.54) is 4.31 Å². The molecule has 0 aromatic heterocycles. The summed E-state index contributed by atoms with van der Waals surface area (Å²) >= 11 is 0. The highest BCUT2D eigenvalue weighted by atomic mass is 32.2. The van der Waals surface area contributed by atoms with Gasteiger partial charge in [0.05, 0.1) is 18.1 Å². The predicted octanol–water partition coefficient (Wildman–Crippen LogP) is 2.88. The second-order valence-corrected chi connectivity index (χ2v) is 8.93. The third kappa shape index (κ3) is 4.04. The molecule has 0 spiro atoms. The van der Waals surface area contributed by atoms with Gasteiger partial charge in [-0.05, 0) is 54.8 Å². The maximum atomic E-state index is 13.0. The van der Waals surface area contributed by atoms with E-state index in [2.05, 4.69) is 6.07 Å². The SMILES string of the molecule is COc1cccc(C(C#N)N2CCN(S(=O)(=O)c3ccc(C)c(C)c3)CC2)c1. The average molecular weight is 400 g/mol. The molecule has 1 aliphatic rings. The number of piperazine rings is 1. The van der Waals surface area contributed by atoms with Gasteiger partial charge < -0.3 is 4.74 Å². The van der Waals surface area contributed by atoms with Crippen molar-refractivity contribution in [2.45, 2.75) is 24.8 Å². The Labute approximate surface area is 167 Å². The topological polar surface area (TPSA) is 73.6 Å². The van der Waals surface area contributed by atoms with Crippen LogP contribution in [0.2, 0.25) is 0 Å². The minimum Gasteiger partial charge on any atom is -0.497 e. The van der Waals surface area contributed by atoms with Crippen molar-refractivity contribution in [2.75, 3.05) is 33.3 Å². The van der Waals surface area contributed by atoms with E-state index in [0.29, 0.717) is 36.8 Å². The maximum absolute atomic E-state index is 13.0. The largest absolute Gasteiger partial charge is 0.497 e. The van der Waals surface area contributed by atoms with Gasteiger partial charge in [0.25, 0.3) is 0 Å². The lowest BCUT2D eigenvalue weighted by Gasteiger charge is -2.36. The molecule has 2 aromatic carbocycles. The summed E-state index contributed by atoms with van der Waals surface area (Å²) in [5, 5.41) is 9.69. The Morgan fingerprint density at radius 1 is 1.04 bits per heavy atom. The molecule has 1 heterocycles. The molecule has 3 rings (SSSR count). The average Bonchev–Trinajstić information content (AvgIpc) is 2.71. The van der Waals surface area contributed by atoms with Gasteiger partial charge in [0.15, 0.2) is 0 Å². The Morgan fingerprint density at radius 3 is 2.36 bits per heavy atom. The number of ether oxygens (including phenoxy) is 1. The zero-order valence-electron chi connectivity index (χ0n) is 16.4. The van der Waals surface area contributed by atoms with E-state index in [1.54, 1.807) is 19.2 Å². The monoisotopic (exact) mass is 399 g/mol. The fourth-order valence-corrected chi connectivity index (χ4v) is 4.91. The fraction of sp³-hybridized carbons (Fsp3) is 0.381. The van der Waals surface area contributed by atoms with Gasteiger partial charge in [-0.25, -0.2) is 8.42 Å². The first kappa shape index (κ1) is 20.3. The molecule has 0 N–H and O–H groups in total. The van der Waals surface area contributed by atoms with E-state index in [1.807, 2.05) is 49.1 Å². The minimum absolute atomic E-state index is 0.327. The summed E-state index contributed by atoms with van der Waals surface area (Å²) in [7, 11) is -1.93. The molecule has 28 heavy (non-hydrogen) atoms. The number of hydrogen-bond donors (Lipinski definition) is 0. The lowest BCUT2D eigenvalue weighted by molar-refractivity contribution is 0.162. The van der Waals surface area contributed by atoms with Crippen molar-refractivity contribution < 1.29 is 13.2 Å². The highest BCUT2D eigenvalue weighted by Crippen LogP contribution is 2.27. The van der Waals surface area contributed by atoms with Crippen molar-refractivity contribution in [2.24, 2.45) is 0 Å². The molecule has 7 heteroatoms. The molecule has 0 amide bonds. The minimum atomic E-state index is -3.53. The first-order chi connectivity index (χ1) is 13.4. The van der Waals surface area contributed by atoms with Gasteiger partial charge in [-0.1, -0.05) is 18.2 Å². The van der Waals surface area contributed by atoms with Crippen LogP contribution in [0, 0.1) is 25.2 Å². The highest BCUT2D eigenvalue weighted by molar-refractivity contribution is 7.89. The van der Waals surface area contributed by atoms with Crippen LogP contribution < -0.4 is 4.74 Å². The smallest absolute Gasteiger partial charge is 0.243 e. The van der Waals surface area contributed by atoms with Gasteiger partial charge in [0.2, 0.25) is 10.0 Å². The summed E-state index contributed by atoms with van der Waals surface area (Å²) < 4.78 is 32.7. The third-order valence-electron chi connectivity index (χ3n) is 5.29. The van der Waals surface area contributed by atoms with Crippen molar-refractivity contribution >= 4 is 10.0 Å². The standard InChI is InChI=1S/C21H25N3O3S/c1-16-7-8-20(13-17(16)2)28(25,26)24-11-9-23(10-12-24)21(15-22)18-5-4-6-19(14-18)27-3/h4-8,13-14,21H,9-12H2,1-3H3. The number of benzene rings is 2. The van der Waals surface area contributed by atoms with Crippen LogP contribution in [0.3, 0.4) is 0 Å². The Balaban J connectivity index is 1.74. The number of nitrogens with zero attached hydrogens (tertiary/aromatic N) is 3. The van der Waals surface area contributed by atoms with Crippen LogP contribution in [0.1, 0.15) is 22.7 Å². The van der Waals surface area contributed by atoms with Gasteiger partial charge >= 0.3 is 0 Å². The van der Waals surface area contributed by atoms with E-state index in [-0.39, 0.29) is 0 Å². The lowest BCUT2D eigenvalue weighted by atomic mass is 10.1. The number of nitriles is 1. The molecule has 148 valence electrons. The zero-order valence-corrected chi connectivity index (χ0v) is 17.2. The molecule has 0 radical (unpaired) electrons. The molecular weight excluding hydrogens is 374 g/mol. The normalized spacial score (nSPS) is 17.1. The molecule has 0 bridgehead atoms. The fourth-order valence-electron chi connectivity index (χ4n) is 3.40. The number of hydrogen-bond acceptors (Lipinski definition) is 5. The van der Waals surface area contributed by atoms with Crippen molar-refractivity contribution in [3.8, 4) is 11.8 Å². The molecule has 1 unspecified atom stereocenters. The van der Waals surface area contributed by atoms with Gasteiger partial charge in [0.1, 0.15) is 11.8 Å². The molecule has 6 nitrogen and oxygen atoms in total. The summed E-state index contributed by atoms with van der Waals surface area (Å²) in [6.07, 6.45) is 0. The van der Waals surface area contributed by atoms with Crippen molar-refractivity contribution in [3.63, 3.8) is 0 Å². The predicted molar refractivity (Wildman–Crippen MR) is 108 cm³/mol. The van der Waals surface area contributed by atoms with E-state index < -0.39 is 16.1 Å². The quantitative estimate of drug-likeness (QED) is 0.773. The van der Waals surface area contributed by atoms with E-state index >= 15 is 0 Å². The molecule has 1 aliphatic heterocycles. The molecule has 0 saturated carbocycles. The number of rotatable bonds is 5. The highest BCUT2D eigenvalue weighted by Gasteiger charge is 2.31. The Morgan fingerprint density at radius 2 is 1.75 bits per heavy atom. The van der Waals surface area contributed by atoms with Gasteiger partial charge in [-0.3, -0.25) is 4.90 Å². The van der Waals surface area contributed by atoms with Crippen LogP contribution in [0.25, 0.3) is 0 Å². The van der Waals surface area contributed by atoms with Crippen LogP contribution in [-0.4, -0.2) is 50.9 Å². The van der Waals surface area contributed by atoms with Gasteiger partial charge in [0, 0.05) is 26.2 Å². The van der Waals surface area contributed by atoms with E-state index in [4.69, 9.17) is 4.74 Å². The summed E-state index contributed by atoms with van der Waals surface area (Å²) in [6, 6.07) is 14.6. The van der Waals surface area contributed by atoms with Gasteiger partial charge in [-0.15, -0.1) is 0 Å². The van der Waals surface area contributed by atoms with Crippen LogP contribution in [0.4, 0.5) is 0 Å². The van der Waals surface area contributed by atoms with E-state index in [9.17, 15) is 13.7 Å². The first-order valence-electron chi connectivity index (χ1n) is 9.22. The summed E-state index contributed by atoms with van der Waals surface area (Å²) in [5.74, 6) is 0.703. The Bertz CT molecular complexity index is 990. The summed E-state index contributed by atoms with van der Waals surface area (Å²) in [4.78, 5) is 2.34. The molecule has 0 aliphatic carbocycles. The summed E-state index contributed by atoms with van der Waals surface area (Å²) in [5.41, 5.74) is 2.88. The third-order valence-corrected chi connectivity index (χ3v) is 7.18. The molecule has 2 aromatic rings. The summed E-state index contributed by atoms with van der Waals surface area (Å²) in [6.45, 7) is 5.59.